The average molecular weight is 429 g/mol. The molecular formula is C21H24N4O4S. The lowest BCUT2D eigenvalue weighted by Gasteiger charge is -2.30. The Morgan fingerprint density at radius 2 is 1.90 bits per heavy atom. The van der Waals surface area contributed by atoms with Crippen LogP contribution in [-0.4, -0.2) is 44.4 Å². The van der Waals surface area contributed by atoms with Crippen molar-refractivity contribution in [2.45, 2.75) is 39.8 Å². The predicted molar refractivity (Wildman–Crippen MR) is 116 cm³/mol. The highest BCUT2D eigenvalue weighted by molar-refractivity contribution is 7.18. The van der Waals surface area contributed by atoms with Gasteiger partial charge < -0.3 is 9.84 Å². The van der Waals surface area contributed by atoms with Crippen molar-refractivity contribution in [3.8, 4) is 17.0 Å². The highest BCUT2D eigenvalue weighted by Gasteiger charge is 2.32. The van der Waals surface area contributed by atoms with Crippen molar-refractivity contribution >= 4 is 28.3 Å². The quantitative estimate of drug-likeness (QED) is 0.579. The summed E-state index contributed by atoms with van der Waals surface area (Å²) in [5.41, 5.74) is 1.45. The molecule has 0 radical (unpaired) electrons. The molecule has 0 aliphatic carbocycles. The number of nitrogens with zero attached hydrogens (tertiary/aromatic N) is 4. The second-order valence-electron chi connectivity index (χ2n) is 7.79. The lowest BCUT2D eigenvalue weighted by Crippen LogP contribution is -2.45. The first-order valence-electron chi connectivity index (χ1n) is 9.31. The first kappa shape index (κ1) is 21.5. The molecule has 0 saturated heterocycles. The number of methoxy groups -OCH3 is 1. The molecule has 9 heteroatoms. The van der Waals surface area contributed by atoms with Crippen LogP contribution in [0.25, 0.3) is 11.3 Å². The molecule has 0 bridgehead atoms. The Kier molecular flexibility index (Phi) is 5.93. The van der Waals surface area contributed by atoms with Crippen LogP contribution in [0.1, 0.15) is 42.9 Å². The zero-order valence-corrected chi connectivity index (χ0v) is 18.4. The Bertz CT molecular complexity index is 1060. The van der Waals surface area contributed by atoms with Gasteiger partial charge in [0.25, 0.3) is 0 Å². The van der Waals surface area contributed by atoms with Crippen LogP contribution in [0, 0.1) is 0 Å². The molecule has 2 heterocycles. The minimum atomic E-state index is -1.12. The number of ketones is 1. The van der Waals surface area contributed by atoms with E-state index >= 15 is 0 Å². The number of hydrogen-bond donors (Lipinski definition) is 1. The maximum atomic E-state index is 12.2. The maximum absolute atomic E-state index is 12.2. The number of anilines is 1. The number of thiazole rings is 1. The van der Waals surface area contributed by atoms with Crippen molar-refractivity contribution in [3.63, 3.8) is 0 Å². The van der Waals surface area contributed by atoms with Crippen LogP contribution in [0.4, 0.5) is 9.93 Å². The highest BCUT2D eigenvalue weighted by Crippen LogP contribution is 2.36. The van der Waals surface area contributed by atoms with E-state index in [-0.39, 0.29) is 10.9 Å². The highest BCUT2D eigenvalue weighted by atomic mass is 32.1. The molecule has 2 aromatic heterocycles. The standard InChI is InChI=1S/C21H24N4O4S/c1-13(26)18-17(23-19(30-18)25(20(27)28)21(2,3)4)15-10-22-24(12-15)11-14-6-8-16(29-5)9-7-14/h6-10,12H,11H2,1-5H3,(H,27,28). The van der Waals surface area contributed by atoms with Gasteiger partial charge in [-0.15, -0.1) is 0 Å². The molecule has 1 aromatic carbocycles. The summed E-state index contributed by atoms with van der Waals surface area (Å²) in [7, 11) is 1.62. The number of hydrogen-bond acceptors (Lipinski definition) is 6. The maximum Gasteiger partial charge on any atom is 0.414 e. The van der Waals surface area contributed by atoms with E-state index in [0.29, 0.717) is 22.7 Å². The third-order valence-corrected chi connectivity index (χ3v) is 5.54. The molecular weight excluding hydrogens is 404 g/mol. The van der Waals surface area contributed by atoms with Gasteiger partial charge in [0.1, 0.15) is 5.75 Å². The van der Waals surface area contributed by atoms with Gasteiger partial charge in [-0.25, -0.2) is 14.7 Å². The SMILES string of the molecule is COc1ccc(Cn2cc(-c3nc(N(C(=O)O)C(C)(C)C)sc3C(C)=O)cn2)cc1. The predicted octanol–water partition coefficient (Wildman–Crippen LogP) is 4.55. The van der Waals surface area contributed by atoms with Crippen LogP contribution in [0.15, 0.2) is 36.7 Å². The molecule has 1 amide bonds. The summed E-state index contributed by atoms with van der Waals surface area (Å²) in [5, 5.41) is 14.3. The molecule has 0 atom stereocenters. The molecule has 0 aliphatic rings. The fraction of sp³-hybridized carbons (Fsp3) is 0.333. The Balaban J connectivity index is 1.94. The van der Waals surface area contributed by atoms with E-state index in [2.05, 4.69) is 10.1 Å². The Morgan fingerprint density at radius 1 is 1.23 bits per heavy atom. The van der Waals surface area contributed by atoms with E-state index in [1.54, 1.807) is 45.0 Å². The Morgan fingerprint density at radius 3 is 2.43 bits per heavy atom. The van der Waals surface area contributed by atoms with Crippen LogP contribution < -0.4 is 9.64 Å². The molecule has 0 aliphatic heterocycles. The fourth-order valence-corrected chi connectivity index (χ4v) is 4.15. The van der Waals surface area contributed by atoms with E-state index in [1.165, 1.54) is 11.8 Å². The summed E-state index contributed by atoms with van der Waals surface area (Å²) >= 11 is 1.08. The van der Waals surface area contributed by atoms with Crippen molar-refractivity contribution in [2.24, 2.45) is 0 Å². The molecule has 3 rings (SSSR count). The molecule has 1 N–H and O–H groups in total. The fourth-order valence-electron chi connectivity index (χ4n) is 2.98. The monoisotopic (exact) mass is 428 g/mol. The smallest absolute Gasteiger partial charge is 0.414 e. The zero-order chi connectivity index (χ0) is 22.1. The van der Waals surface area contributed by atoms with E-state index in [0.717, 1.165) is 22.6 Å². The normalized spacial score (nSPS) is 11.4. The van der Waals surface area contributed by atoms with Gasteiger partial charge in [0.15, 0.2) is 10.9 Å². The van der Waals surface area contributed by atoms with Gasteiger partial charge in [-0.1, -0.05) is 23.5 Å². The second kappa shape index (κ2) is 8.27. The number of carbonyl (C=O) groups is 2. The van der Waals surface area contributed by atoms with Gasteiger partial charge in [0.2, 0.25) is 0 Å². The average Bonchev–Trinajstić information content (AvgIpc) is 3.28. The van der Waals surface area contributed by atoms with Gasteiger partial charge in [-0.05, 0) is 38.5 Å². The molecule has 30 heavy (non-hydrogen) atoms. The van der Waals surface area contributed by atoms with Crippen molar-refractivity contribution in [1.29, 1.82) is 0 Å². The summed E-state index contributed by atoms with van der Waals surface area (Å²) < 4.78 is 6.92. The summed E-state index contributed by atoms with van der Waals surface area (Å²) in [6.45, 7) is 7.33. The summed E-state index contributed by atoms with van der Waals surface area (Å²) in [6, 6.07) is 7.67. The Labute approximate surface area is 178 Å². The van der Waals surface area contributed by atoms with Gasteiger partial charge in [0, 0.05) is 24.2 Å². The van der Waals surface area contributed by atoms with Crippen molar-refractivity contribution in [2.75, 3.05) is 12.0 Å². The van der Waals surface area contributed by atoms with E-state index in [1.807, 2.05) is 24.3 Å². The first-order valence-corrected chi connectivity index (χ1v) is 10.1. The number of carboxylic acid groups (broad SMARTS) is 1. The molecule has 8 nitrogen and oxygen atoms in total. The van der Waals surface area contributed by atoms with Gasteiger partial charge in [0.05, 0.1) is 30.4 Å². The lowest BCUT2D eigenvalue weighted by atomic mass is 10.1. The van der Waals surface area contributed by atoms with Gasteiger partial charge in [-0.3, -0.25) is 9.48 Å². The minimum Gasteiger partial charge on any atom is -0.497 e. The molecule has 3 aromatic rings. The molecule has 0 spiro atoms. The number of carbonyl (C=O) groups excluding carboxylic acids is 1. The number of aromatic nitrogens is 3. The third-order valence-electron chi connectivity index (χ3n) is 4.40. The molecule has 0 unspecified atom stereocenters. The number of rotatable bonds is 6. The van der Waals surface area contributed by atoms with E-state index < -0.39 is 11.6 Å². The van der Waals surface area contributed by atoms with Gasteiger partial charge in [-0.2, -0.15) is 5.10 Å². The molecule has 0 fully saturated rings. The van der Waals surface area contributed by atoms with Crippen LogP contribution >= 0.6 is 11.3 Å². The third kappa shape index (κ3) is 4.51. The summed E-state index contributed by atoms with van der Waals surface area (Å²) in [6.07, 6.45) is 2.32. The lowest BCUT2D eigenvalue weighted by molar-refractivity contribution is 0.102. The van der Waals surface area contributed by atoms with Crippen LogP contribution in [0.3, 0.4) is 0 Å². The number of amides is 1. The number of benzene rings is 1. The van der Waals surface area contributed by atoms with Crippen LogP contribution in [0.5, 0.6) is 5.75 Å². The number of ether oxygens (including phenoxy) is 1. The van der Waals surface area contributed by atoms with E-state index in [9.17, 15) is 14.7 Å². The van der Waals surface area contributed by atoms with Gasteiger partial charge >= 0.3 is 6.09 Å². The topological polar surface area (TPSA) is 97.5 Å². The summed E-state index contributed by atoms with van der Waals surface area (Å²) in [5.74, 6) is 0.610. The zero-order valence-electron chi connectivity index (χ0n) is 17.5. The minimum absolute atomic E-state index is 0.170. The van der Waals surface area contributed by atoms with Crippen LogP contribution in [0.2, 0.25) is 0 Å². The molecule has 0 saturated carbocycles. The van der Waals surface area contributed by atoms with Crippen molar-refractivity contribution in [1.82, 2.24) is 14.8 Å². The molecule has 158 valence electrons. The van der Waals surface area contributed by atoms with Crippen LogP contribution in [-0.2, 0) is 6.54 Å². The Hall–Kier alpha value is -3.20. The van der Waals surface area contributed by atoms with E-state index in [4.69, 9.17) is 4.74 Å². The largest absolute Gasteiger partial charge is 0.497 e. The second-order valence-corrected chi connectivity index (χ2v) is 8.77. The number of Topliss-reactive ketones (excluding diaryl/α,β-unsaturated/α-hetero) is 1. The first-order chi connectivity index (χ1) is 14.1. The van der Waals surface area contributed by atoms with Crippen molar-refractivity contribution in [3.05, 3.63) is 47.1 Å². The summed E-state index contributed by atoms with van der Waals surface area (Å²) in [4.78, 5) is 30.1. The van der Waals surface area contributed by atoms with Crippen molar-refractivity contribution < 1.29 is 19.4 Å².